The van der Waals surface area contributed by atoms with Crippen LogP contribution in [0.5, 0.6) is 0 Å². The minimum atomic E-state index is 0.879. The summed E-state index contributed by atoms with van der Waals surface area (Å²) in [6, 6.07) is 4.13. The number of hydrogen-bond donors (Lipinski definition) is 1. The van der Waals surface area contributed by atoms with Crippen LogP contribution >= 0.6 is 0 Å². The molecular weight excluding hydrogens is 224 g/mol. The summed E-state index contributed by atoms with van der Waals surface area (Å²) in [4.78, 5) is 11.5. The second kappa shape index (κ2) is 5.38. The quantitative estimate of drug-likeness (QED) is 0.862. The van der Waals surface area contributed by atoms with Gasteiger partial charge in [0.1, 0.15) is 11.7 Å². The lowest BCUT2D eigenvalue weighted by molar-refractivity contribution is 0.726. The van der Waals surface area contributed by atoms with Crippen LogP contribution in [0.3, 0.4) is 0 Å². The molecule has 1 aromatic heterocycles. The van der Waals surface area contributed by atoms with Crippen LogP contribution in [0.15, 0.2) is 23.3 Å². The molecule has 0 spiro atoms. The van der Waals surface area contributed by atoms with E-state index in [9.17, 15) is 0 Å². The first-order chi connectivity index (χ1) is 8.95. The first-order valence-electron chi connectivity index (χ1n) is 6.94. The van der Waals surface area contributed by atoms with Gasteiger partial charge >= 0.3 is 0 Å². The minimum absolute atomic E-state index is 0.879. The van der Waals surface area contributed by atoms with E-state index >= 15 is 0 Å². The van der Waals surface area contributed by atoms with Crippen LogP contribution in [0.4, 0.5) is 5.82 Å². The summed E-state index contributed by atoms with van der Waals surface area (Å²) < 4.78 is 0. The fourth-order valence-electron chi connectivity index (χ4n) is 2.69. The van der Waals surface area contributed by atoms with Crippen molar-refractivity contribution in [2.45, 2.75) is 25.7 Å². The molecule has 0 saturated carbocycles. The molecule has 0 atom stereocenters. The molecule has 1 saturated heterocycles. The molecule has 0 aromatic carbocycles. The van der Waals surface area contributed by atoms with Crippen molar-refractivity contribution in [3.05, 3.63) is 23.9 Å². The molecule has 2 aliphatic rings. The van der Waals surface area contributed by atoms with Gasteiger partial charge in [0.05, 0.1) is 12.1 Å². The third-order valence-corrected chi connectivity index (χ3v) is 3.62. The summed E-state index contributed by atoms with van der Waals surface area (Å²) in [5, 5.41) is 3.35. The van der Waals surface area contributed by atoms with Crippen LogP contribution in [0.25, 0.3) is 0 Å². The Morgan fingerprint density at radius 2 is 1.94 bits per heavy atom. The first-order valence-corrected chi connectivity index (χ1v) is 6.94. The molecular formula is C14H20N4. The summed E-state index contributed by atoms with van der Waals surface area (Å²) in [5.74, 6) is 2.12. The maximum absolute atomic E-state index is 4.59. The summed E-state index contributed by atoms with van der Waals surface area (Å²) in [6.45, 7) is 4.07. The third-order valence-electron chi connectivity index (χ3n) is 3.62. The second-order valence-electron chi connectivity index (χ2n) is 4.93. The molecule has 1 N–H and O–H groups in total. The van der Waals surface area contributed by atoms with Crippen molar-refractivity contribution in [1.82, 2.24) is 10.3 Å². The number of pyridine rings is 1. The molecule has 3 rings (SSSR count). The van der Waals surface area contributed by atoms with Crippen LogP contribution < -0.4 is 10.2 Å². The van der Waals surface area contributed by atoms with Gasteiger partial charge in [-0.25, -0.2) is 4.98 Å². The number of amidine groups is 1. The predicted molar refractivity (Wildman–Crippen MR) is 74.3 cm³/mol. The van der Waals surface area contributed by atoms with E-state index in [0.717, 1.165) is 43.4 Å². The van der Waals surface area contributed by atoms with Gasteiger partial charge in [0.25, 0.3) is 0 Å². The van der Waals surface area contributed by atoms with Crippen molar-refractivity contribution in [3.63, 3.8) is 0 Å². The zero-order chi connectivity index (χ0) is 12.2. The number of nitrogens with zero attached hydrogens (tertiary/aromatic N) is 3. The lowest BCUT2D eigenvalue weighted by atomic mass is 10.2. The highest BCUT2D eigenvalue weighted by atomic mass is 15.2. The SMILES string of the molecule is c1cnc(N2CCCCCC2)c(C2=NCCN2)c1. The molecule has 18 heavy (non-hydrogen) atoms. The number of aromatic nitrogens is 1. The highest BCUT2D eigenvalue weighted by Gasteiger charge is 2.18. The van der Waals surface area contributed by atoms with Crippen LogP contribution in [0.1, 0.15) is 31.2 Å². The Bertz CT molecular complexity index is 433. The molecule has 0 aliphatic carbocycles. The first kappa shape index (κ1) is 11.5. The number of hydrogen-bond acceptors (Lipinski definition) is 4. The number of rotatable bonds is 2. The zero-order valence-corrected chi connectivity index (χ0v) is 10.7. The van der Waals surface area contributed by atoms with E-state index in [1.54, 1.807) is 0 Å². The molecule has 1 fully saturated rings. The third kappa shape index (κ3) is 2.33. The predicted octanol–water partition coefficient (Wildman–Crippen LogP) is 1.81. The average Bonchev–Trinajstić information content (AvgIpc) is 2.81. The van der Waals surface area contributed by atoms with Crippen LogP contribution in [0.2, 0.25) is 0 Å². The minimum Gasteiger partial charge on any atom is -0.368 e. The zero-order valence-electron chi connectivity index (χ0n) is 10.7. The van der Waals surface area contributed by atoms with E-state index in [1.807, 2.05) is 12.3 Å². The van der Waals surface area contributed by atoms with E-state index < -0.39 is 0 Å². The molecule has 1 aromatic rings. The Morgan fingerprint density at radius 1 is 1.11 bits per heavy atom. The molecule has 0 bridgehead atoms. The Labute approximate surface area is 108 Å². The van der Waals surface area contributed by atoms with E-state index in [1.165, 1.54) is 25.7 Å². The molecule has 3 heterocycles. The highest BCUT2D eigenvalue weighted by molar-refractivity contribution is 6.03. The van der Waals surface area contributed by atoms with Crippen LogP contribution in [-0.4, -0.2) is 37.0 Å². The summed E-state index contributed by atoms with van der Waals surface area (Å²) >= 11 is 0. The van der Waals surface area contributed by atoms with Gasteiger partial charge in [-0.3, -0.25) is 4.99 Å². The average molecular weight is 244 g/mol. The lowest BCUT2D eigenvalue weighted by Crippen LogP contribution is -2.29. The topological polar surface area (TPSA) is 40.5 Å². The molecule has 0 radical (unpaired) electrons. The van der Waals surface area contributed by atoms with Crippen LogP contribution in [-0.2, 0) is 0 Å². The van der Waals surface area contributed by atoms with E-state index in [2.05, 4.69) is 26.3 Å². The molecule has 0 unspecified atom stereocenters. The van der Waals surface area contributed by atoms with E-state index in [0.29, 0.717) is 0 Å². The van der Waals surface area contributed by atoms with Crippen molar-refractivity contribution < 1.29 is 0 Å². The van der Waals surface area contributed by atoms with E-state index in [4.69, 9.17) is 0 Å². The van der Waals surface area contributed by atoms with Gasteiger partial charge in [-0.15, -0.1) is 0 Å². The van der Waals surface area contributed by atoms with Gasteiger partial charge in [0.15, 0.2) is 0 Å². The summed E-state index contributed by atoms with van der Waals surface area (Å²) in [7, 11) is 0. The van der Waals surface area contributed by atoms with Gasteiger partial charge in [0.2, 0.25) is 0 Å². The molecule has 4 nitrogen and oxygen atoms in total. The molecule has 0 amide bonds. The standard InChI is InChI=1S/C14H20N4/c1-2-4-11-18(10-3-1)14-12(6-5-7-17-14)13-15-8-9-16-13/h5-7H,1-4,8-11H2,(H,15,16). The lowest BCUT2D eigenvalue weighted by Gasteiger charge is -2.23. The van der Waals surface area contributed by atoms with Gasteiger partial charge in [-0.05, 0) is 25.0 Å². The fraction of sp³-hybridized carbons (Fsp3) is 0.571. The molecule has 2 aliphatic heterocycles. The number of aliphatic imine (C=N–C) groups is 1. The van der Waals surface area contributed by atoms with Crippen molar-refractivity contribution in [1.29, 1.82) is 0 Å². The van der Waals surface area contributed by atoms with E-state index in [-0.39, 0.29) is 0 Å². The molecule has 4 heteroatoms. The fourth-order valence-corrected chi connectivity index (χ4v) is 2.69. The van der Waals surface area contributed by atoms with Crippen LogP contribution in [0, 0.1) is 0 Å². The Kier molecular flexibility index (Phi) is 3.44. The maximum atomic E-state index is 4.59. The Morgan fingerprint density at radius 3 is 2.67 bits per heavy atom. The summed E-state index contributed by atoms with van der Waals surface area (Å²) in [6.07, 6.45) is 7.13. The van der Waals surface area contributed by atoms with Crippen molar-refractivity contribution in [3.8, 4) is 0 Å². The van der Waals surface area contributed by atoms with Gasteiger partial charge in [0, 0.05) is 25.8 Å². The highest BCUT2D eigenvalue weighted by Crippen LogP contribution is 2.22. The monoisotopic (exact) mass is 244 g/mol. The Hall–Kier alpha value is -1.58. The van der Waals surface area contributed by atoms with Crippen molar-refractivity contribution in [2.24, 2.45) is 4.99 Å². The van der Waals surface area contributed by atoms with Gasteiger partial charge < -0.3 is 10.2 Å². The van der Waals surface area contributed by atoms with Crippen molar-refractivity contribution in [2.75, 3.05) is 31.1 Å². The second-order valence-corrected chi connectivity index (χ2v) is 4.93. The van der Waals surface area contributed by atoms with Crippen molar-refractivity contribution >= 4 is 11.7 Å². The smallest absolute Gasteiger partial charge is 0.139 e. The largest absolute Gasteiger partial charge is 0.368 e. The number of anilines is 1. The number of nitrogens with one attached hydrogen (secondary N) is 1. The van der Waals surface area contributed by atoms with Gasteiger partial charge in [-0.2, -0.15) is 0 Å². The van der Waals surface area contributed by atoms with Gasteiger partial charge in [-0.1, -0.05) is 12.8 Å². The summed E-state index contributed by atoms with van der Waals surface area (Å²) in [5.41, 5.74) is 1.16. The normalized spacial score (nSPS) is 20.2. The Balaban J connectivity index is 1.90. The molecule has 96 valence electrons. The maximum Gasteiger partial charge on any atom is 0.139 e.